The van der Waals surface area contributed by atoms with Gasteiger partial charge in [0.25, 0.3) is 5.91 Å². The molecule has 1 aliphatic rings. The normalized spacial score (nSPS) is 15.2. The summed E-state index contributed by atoms with van der Waals surface area (Å²) in [7, 11) is 3.07. The van der Waals surface area contributed by atoms with Gasteiger partial charge in [-0.05, 0) is 18.6 Å². The molecule has 6 nitrogen and oxygen atoms in total. The smallest absolute Gasteiger partial charge is 0.261 e. The van der Waals surface area contributed by atoms with E-state index >= 15 is 0 Å². The monoisotopic (exact) mass is 306 g/mol. The minimum absolute atomic E-state index is 0.0455. The molecule has 0 N–H and O–H groups in total. The van der Waals surface area contributed by atoms with Gasteiger partial charge in [-0.15, -0.1) is 0 Å². The quantitative estimate of drug-likeness (QED) is 0.847. The minimum atomic E-state index is -0.125. The highest BCUT2D eigenvalue weighted by Crippen LogP contribution is 2.29. The molecule has 1 aliphatic heterocycles. The molecule has 0 spiro atoms. The van der Waals surface area contributed by atoms with Crippen molar-refractivity contribution in [3.8, 4) is 11.5 Å². The summed E-state index contributed by atoms with van der Waals surface area (Å²) >= 11 is 0. The molecule has 6 heteroatoms. The van der Waals surface area contributed by atoms with E-state index in [2.05, 4.69) is 0 Å². The van der Waals surface area contributed by atoms with Crippen molar-refractivity contribution in [2.24, 2.45) is 0 Å². The third-order valence-electron chi connectivity index (χ3n) is 3.87. The highest BCUT2D eigenvalue weighted by molar-refractivity contribution is 5.99. The maximum atomic E-state index is 12.9. The summed E-state index contributed by atoms with van der Waals surface area (Å²) in [6.07, 6.45) is 0.767. The SMILES string of the molecule is COc1cccc(OC)c1C(=O)N1CCCN(C(C)=O)CC1. The maximum Gasteiger partial charge on any atom is 0.261 e. The Balaban J connectivity index is 2.23. The maximum absolute atomic E-state index is 12.9. The van der Waals surface area contributed by atoms with Crippen molar-refractivity contribution in [2.45, 2.75) is 13.3 Å². The lowest BCUT2D eigenvalue weighted by Crippen LogP contribution is -2.36. The summed E-state index contributed by atoms with van der Waals surface area (Å²) in [6.45, 7) is 3.92. The van der Waals surface area contributed by atoms with Gasteiger partial charge in [-0.3, -0.25) is 9.59 Å². The van der Waals surface area contributed by atoms with E-state index in [0.717, 1.165) is 6.42 Å². The summed E-state index contributed by atoms with van der Waals surface area (Å²) < 4.78 is 10.6. The highest BCUT2D eigenvalue weighted by Gasteiger charge is 2.26. The zero-order valence-electron chi connectivity index (χ0n) is 13.3. The predicted molar refractivity (Wildman–Crippen MR) is 82.3 cm³/mol. The van der Waals surface area contributed by atoms with Crippen LogP contribution in [-0.4, -0.2) is 62.0 Å². The first kappa shape index (κ1) is 16.1. The highest BCUT2D eigenvalue weighted by atomic mass is 16.5. The number of hydrogen-bond acceptors (Lipinski definition) is 4. The van der Waals surface area contributed by atoms with Gasteiger partial charge in [-0.2, -0.15) is 0 Å². The first-order valence-electron chi connectivity index (χ1n) is 7.34. The van der Waals surface area contributed by atoms with Gasteiger partial charge in [0.2, 0.25) is 5.91 Å². The second-order valence-electron chi connectivity index (χ2n) is 5.19. The van der Waals surface area contributed by atoms with Gasteiger partial charge in [0.05, 0.1) is 14.2 Å². The van der Waals surface area contributed by atoms with Crippen LogP contribution in [0.3, 0.4) is 0 Å². The van der Waals surface area contributed by atoms with Gasteiger partial charge in [-0.25, -0.2) is 0 Å². The standard InChI is InChI=1S/C16H22N2O4/c1-12(19)17-8-5-9-18(11-10-17)16(20)15-13(21-2)6-4-7-14(15)22-3/h4,6-7H,5,8-11H2,1-3H3. The van der Waals surface area contributed by atoms with Crippen molar-refractivity contribution in [3.63, 3.8) is 0 Å². The largest absolute Gasteiger partial charge is 0.496 e. The fourth-order valence-electron chi connectivity index (χ4n) is 2.66. The molecule has 1 aromatic rings. The minimum Gasteiger partial charge on any atom is -0.496 e. The molecule has 1 saturated heterocycles. The molecule has 0 atom stereocenters. The molecule has 0 saturated carbocycles. The van der Waals surface area contributed by atoms with Crippen LogP contribution in [0.15, 0.2) is 18.2 Å². The van der Waals surface area contributed by atoms with E-state index in [1.165, 1.54) is 14.2 Å². The second kappa shape index (κ2) is 7.15. The first-order chi connectivity index (χ1) is 10.6. The van der Waals surface area contributed by atoms with E-state index in [1.807, 2.05) is 0 Å². The number of carbonyl (C=O) groups is 2. The summed E-state index contributed by atoms with van der Waals surface area (Å²) in [5.41, 5.74) is 0.434. The molecule has 0 unspecified atom stereocenters. The van der Waals surface area contributed by atoms with Crippen LogP contribution >= 0.6 is 0 Å². The Morgan fingerprint density at radius 3 is 2.05 bits per heavy atom. The van der Waals surface area contributed by atoms with Crippen LogP contribution in [0, 0.1) is 0 Å². The number of nitrogens with zero attached hydrogens (tertiary/aromatic N) is 2. The first-order valence-corrected chi connectivity index (χ1v) is 7.34. The van der Waals surface area contributed by atoms with Crippen LogP contribution in [-0.2, 0) is 4.79 Å². The van der Waals surface area contributed by atoms with E-state index in [4.69, 9.17) is 9.47 Å². The third-order valence-corrected chi connectivity index (χ3v) is 3.87. The average Bonchev–Trinajstić information content (AvgIpc) is 2.79. The Morgan fingerprint density at radius 2 is 1.50 bits per heavy atom. The van der Waals surface area contributed by atoms with E-state index in [-0.39, 0.29) is 11.8 Å². The average molecular weight is 306 g/mol. The molecule has 22 heavy (non-hydrogen) atoms. The molecule has 2 rings (SSSR count). The van der Waals surface area contributed by atoms with Crippen molar-refractivity contribution in [3.05, 3.63) is 23.8 Å². The van der Waals surface area contributed by atoms with Gasteiger partial charge in [0.15, 0.2) is 0 Å². The molecule has 0 aliphatic carbocycles. The topological polar surface area (TPSA) is 59.1 Å². The molecular weight excluding hydrogens is 284 g/mol. The molecule has 0 bridgehead atoms. The summed E-state index contributed by atoms with van der Waals surface area (Å²) in [4.78, 5) is 27.9. The molecule has 2 amide bonds. The van der Waals surface area contributed by atoms with Crippen LogP contribution in [0.1, 0.15) is 23.7 Å². The lowest BCUT2D eigenvalue weighted by molar-refractivity contribution is -0.128. The lowest BCUT2D eigenvalue weighted by Gasteiger charge is -2.23. The number of amides is 2. The Labute approximate surface area is 130 Å². The number of rotatable bonds is 3. The van der Waals surface area contributed by atoms with Crippen molar-refractivity contribution in [2.75, 3.05) is 40.4 Å². The zero-order chi connectivity index (χ0) is 16.1. The van der Waals surface area contributed by atoms with Crippen molar-refractivity contribution in [1.29, 1.82) is 0 Å². The molecular formula is C16H22N2O4. The van der Waals surface area contributed by atoms with E-state index in [0.29, 0.717) is 43.2 Å². The van der Waals surface area contributed by atoms with E-state index < -0.39 is 0 Å². The molecule has 1 aromatic carbocycles. The van der Waals surface area contributed by atoms with Crippen LogP contribution in [0.5, 0.6) is 11.5 Å². The lowest BCUT2D eigenvalue weighted by atomic mass is 10.1. The molecule has 1 heterocycles. The van der Waals surface area contributed by atoms with E-state index in [1.54, 1.807) is 34.9 Å². The number of carbonyl (C=O) groups excluding carboxylic acids is 2. The third kappa shape index (κ3) is 3.32. The molecule has 120 valence electrons. The summed E-state index contributed by atoms with van der Waals surface area (Å²) in [6, 6.07) is 5.28. The second-order valence-corrected chi connectivity index (χ2v) is 5.19. The van der Waals surface area contributed by atoms with Gasteiger partial charge < -0.3 is 19.3 Å². The van der Waals surface area contributed by atoms with Gasteiger partial charge in [-0.1, -0.05) is 6.07 Å². The summed E-state index contributed by atoms with van der Waals surface area (Å²) in [5.74, 6) is 0.915. The number of ether oxygens (including phenoxy) is 2. The van der Waals surface area contributed by atoms with Gasteiger partial charge in [0.1, 0.15) is 17.1 Å². The fourth-order valence-corrected chi connectivity index (χ4v) is 2.66. The predicted octanol–water partition coefficient (Wildman–Crippen LogP) is 1.40. The van der Waals surface area contributed by atoms with Crippen molar-refractivity contribution >= 4 is 11.8 Å². The van der Waals surface area contributed by atoms with Crippen molar-refractivity contribution in [1.82, 2.24) is 9.80 Å². The van der Waals surface area contributed by atoms with Crippen LogP contribution in [0.2, 0.25) is 0 Å². The number of methoxy groups -OCH3 is 2. The Morgan fingerprint density at radius 1 is 0.955 bits per heavy atom. The van der Waals surface area contributed by atoms with Crippen LogP contribution in [0.4, 0.5) is 0 Å². The molecule has 0 aromatic heterocycles. The van der Waals surface area contributed by atoms with Crippen molar-refractivity contribution < 1.29 is 19.1 Å². The number of benzene rings is 1. The summed E-state index contributed by atoms with van der Waals surface area (Å²) in [5, 5.41) is 0. The van der Waals surface area contributed by atoms with Crippen LogP contribution < -0.4 is 9.47 Å². The number of hydrogen-bond donors (Lipinski definition) is 0. The Kier molecular flexibility index (Phi) is 5.25. The van der Waals surface area contributed by atoms with Crippen LogP contribution in [0.25, 0.3) is 0 Å². The Hall–Kier alpha value is -2.24. The molecule has 0 radical (unpaired) electrons. The van der Waals surface area contributed by atoms with Gasteiger partial charge in [0, 0.05) is 33.1 Å². The molecule has 1 fully saturated rings. The van der Waals surface area contributed by atoms with E-state index in [9.17, 15) is 9.59 Å². The zero-order valence-corrected chi connectivity index (χ0v) is 13.3. The van der Waals surface area contributed by atoms with Gasteiger partial charge >= 0.3 is 0 Å². The fraction of sp³-hybridized carbons (Fsp3) is 0.500. The Bertz CT molecular complexity index is 537.